The molecule has 1 N–H and O–H groups in total. The van der Waals surface area contributed by atoms with Crippen LogP contribution >= 0.6 is 11.6 Å². The Bertz CT molecular complexity index is 1250. The topological polar surface area (TPSA) is 81.7 Å². The van der Waals surface area contributed by atoms with Gasteiger partial charge in [0.2, 0.25) is 5.91 Å². The number of rotatable bonds is 8. The Hall–Kier alpha value is -2.87. The summed E-state index contributed by atoms with van der Waals surface area (Å²) in [5, 5.41) is 3.56. The van der Waals surface area contributed by atoms with Gasteiger partial charge >= 0.3 is 0 Å². The molecule has 0 aliphatic carbocycles. The molecule has 0 aromatic heterocycles. The highest BCUT2D eigenvalue weighted by Gasteiger charge is 2.36. The predicted molar refractivity (Wildman–Crippen MR) is 137 cm³/mol. The number of carbonyl (C=O) groups is 1. The zero-order valence-electron chi connectivity index (χ0n) is 19.5. The van der Waals surface area contributed by atoms with Crippen molar-refractivity contribution in [2.75, 3.05) is 24.3 Å². The number of sulfone groups is 1. The van der Waals surface area contributed by atoms with Gasteiger partial charge in [-0.3, -0.25) is 4.79 Å². The van der Waals surface area contributed by atoms with Crippen molar-refractivity contribution in [2.24, 2.45) is 0 Å². The van der Waals surface area contributed by atoms with E-state index < -0.39 is 15.4 Å². The van der Waals surface area contributed by atoms with Crippen molar-refractivity contribution in [1.82, 2.24) is 0 Å². The molecular formula is C27H28ClNO5S. The van der Waals surface area contributed by atoms with Crippen molar-refractivity contribution < 1.29 is 22.7 Å². The molecule has 0 unspecified atom stereocenters. The number of benzene rings is 3. The summed E-state index contributed by atoms with van der Waals surface area (Å²) in [7, 11) is -3.26. The fourth-order valence-electron chi connectivity index (χ4n) is 4.11. The molecule has 0 atom stereocenters. The highest BCUT2D eigenvalue weighted by molar-refractivity contribution is 7.91. The lowest BCUT2D eigenvalue weighted by atomic mass is 9.86. The number of anilines is 1. The molecule has 0 saturated carbocycles. The number of hydrogen-bond acceptors (Lipinski definition) is 5. The standard InChI is InChI=1S/C27H28ClNO5S/c1-2-35(31,32)25-13-3-20(4-14-25)19-26(30)29-23-9-11-24(12-10-23)34-27(15-17-33-18-16-27)21-5-7-22(28)8-6-21/h3-14H,2,15-19H2,1H3,(H,29,30). The van der Waals surface area contributed by atoms with Crippen LogP contribution in [0.15, 0.2) is 77.7 Å². The third-order valence-electron chi connectivity index (χ3n) is 6.15. The maximum Gasteiger partial charge on any atom is 0.228 e. The van der Waals surface area contributed by atoms with E-state index >= 15 is 0 Å². The van der Waals surface area contributed by atoms with Gasteiger partial charge < -0.3 is 14.8 Å². The molecule has 1 amide bonds. The van der Waals surface area contributed by atoms with Gasteiger partial charge in [0.1, 0.15) is 11.4 Å². The Morgan fingerprint density at radius 3 is 2.20 bits per heavy atom. The van der Waals surface area contributed by atoms with Crippen molar-refractivity contribution in [3.05, 3.63) is 88.9 Å². The van der Waals surface area contributed by atoms with Gasteiger partial charge in [0.15, 0.2) is 9.84 Å². The largest absolute Gasteiger partial charge is 0.482 e. The van der Waals surface area contributed by atoms with Gasteiger partial charge in [-0.2, -0.15) is 0 Å². The van der Waals surface area contributed by atoms with Crippen LogP contribution in [0.1, 0.15) is 30.9 Å². The molecule has 1 aliphatic heterocycles. The van der Waals surface area contributed by atoms with Crippen molar-refractivity contribution >= 4 is 33.0 Å². The minimum absolute atomic E-state index is 0.0428. The van der Waals surface area contributed by atoms with Gasteiger partial charge in [0.25, 0.3) is 0 Å². The molecule has 0 radical (unpaired) electrons. The van der Waals surface area contributed by atoms with Gasteiger partial charge in [-0.25, -0.2) is 8.42 Å². The fourth-order valence-corrected chi connectivity index (χ4v) is 5.12. The molecule has 8 heteroatoms. The molecule has 184 valence electrons. The number of hydrogen-bond donors (Lipinski definition) is 1. The maximum absolute atomic E-state index is 12.5. The summed E-state index contributed by atoms with van der Waals surface area (Å²) in [6.07, 6.45) is 1.60. The maximum atomic E-state index is 12.5. The summed E-state index contributed by atoms with van der Waals surface area (Å²) in [6, 6.07) is 21.4. The first-order chi connectivity index (χ1) is 16.8. The average Bonchev–Trinajstić information content (AvgIpc) is 2.86. The quantitative estimate of drug-likeness (QED) is 0.436. The minimum atomic E-state index is -3.26. The Labute approximate surface area is 211 Å². The van der Waals surface area contributed by atoms with E-state index in [0.29, 0.717) is 29.7 Å². The summed E-state index contributed by atoms with van der Waals surface area (Å²) >= 11 is 6.07. The van der Waals surface area contributed by atoms with Gasteiger partial charge in [-0.15, -0.1) is 0 Å². The van der Waals surface area contributed by atoms with Crippen LogP contribution in [-0.4, -0.2) is 33.3 Å². The van der Waals surface area contributed by atoms with Crippen molar-refractivity contribution in [3.8, 4) is 5.75 Å². The lowest BCUT2D eigenvalue weighted by Gasteiger charge is -2.38. The Balaban J connectivity index is 1.40. The summed E-state index contributed by atoms with van der Waals surface area (Å²) < 4.78 is 35.9. The molecule has 6 nitrogen and oxygen atoms in total. The van der Waals surface area contributed by atoms with Crippen LogP contribution in [-0.2, 0) is 31.4 Å². The smallest absolute Gasteiger partial charge is 0.228 e. The zero-order chi connectivity index (χ0) is 24.9. The molecule has 0 bridgehead atoms. The van der Waals surface area contributed by atoms with E-state index in [4.69, 9.17) is 21.1 Å². The Kier molecular flexibility index (Phi) is 7.79. The van der Waals surface area contributed by atoms with Crippen LogP contribution < -0.4 is 10.1 Å². The van der Waals surface area contributed by atoms with Crippen LogP contribution in [0.25, 0.3) is 0 Å². The van der Waals surface area contributed by atoms with Crippen molar-refractivity contribution in [3.63, 3.8) is 0 Å². The first kappa shape index (κ1) is 25.2. The molecule has 35 heavy (non-hydrogen) atoms. The van der Waals surface area contributed by atoms with Crippen molar-refractivity contribution in [2.45, 2.75) is 36.7 Å². The van der Waals surface area contributed by atoms with E-state index in [0.717, 1.165) is 24.0 Å². The first-order valence-corrected chi connectivity index (χ1v) is 13.6. The Morgan fingerprint density at radius 1 is 0.971 bits per heavy atom. The van der Waals surface area contributed by atoms with Gasteiger partial charge in [0.05, 0.1) is 30.3 Å². The summed E-state index contributed by atoms with van der Waals surface area (Å²) in [5.41, 5.74) is 1.95. The molecule has 1 saturated heterocycles. The van der Waals surface area contributed by atoms with E-state index in [1.807, 2.05) is 36.4 Å². The van der Waals surface area contributed by atoms with Crippen LogP contribution in [0.4, 0.5) is 5.69 Å². The van der Waals surface area contributed by atoms with E-state index in [1.165, 1.54) is 0 Å². The van der Waals surface area contributed by atoms with Gasteiger partial charge in [-0.05, 0) is 59.7 Å². The number of nitrogens with one attached hydrogen (secondary N) is 1. The monoisotopic (exact) mass is 513 g/mol. The minimum Gasteiger partial charge on any atom is -0.482 e. The molecule has 1 aliphatic rings. The molecular weight excluding hydrogens is 486 g/mol. The molecule has 1 fully saturated rings. The van der Waals surface area contributed by atoms with Crippen LogP contribution in [0, 0.1) is 0 Å². The SMILES string of the molecule is CCS(=O)(=O)c1ccc(CC(=O)Nc2ccc(OC3(c4ccc(Cl)cc4)CCOCC3)cc2)cc1. The molecule has 3 aromatic carbocycles. The highest BCUT2D eigenvalue weighted by atomic mass is 35.5. The second kappa shape index (κ2) is 10.8. The van der Waals surface area contributed by atoms with E-state index in [-0.39, 0.29) is 23.0 Å². The third-order valence-corrected chi connectivity index (χ3v) is 8.15. The summed E-state index contributed by atoms with van der Waals surface area (Å²) in [5.74, 6) is 0.556. The lowest BCUT2D eigenvalue weighted by Crippen LogP contribution is -2.39. The number of halogens is 1. The second-order valence-corrected chi connectivity index (χ2v) is 11.2. The number of amides is 1. The van der Waals surface area contributed by atoms with E-state index in [1.54, 1.807) is 43.3 Å². The normalized spacial score (nSPS) is 15.4. The average molecular weight is 514 g/mol. The highest BCUT2D eigenvalue weighted by Crippen LogP contribution is 2.38. The molecule has 3 aromatic rings. The number of carbonyl (C=O) groups excluding carboxylic acids is 1. The lowest BCUT2D eigenvalue weighted by molar-refractivity contribution is -0.115. The summed E-state index contributed by atoms with van der Waals surface area (Å²) in [6.45, 7) is 2.83. The van der Waals surface area contributed by atoms with Crippen LogP contribution in [0.3, 0.4) is 0 Å². The third kappa shape index (κ3) is 6.23. The van der Waals surface area contributed by atoms with Crippen LogP contribution in [0.2, 0.25) is 5.02 Å². The van der Waals surface area contributed by atoms with Gasteiger partial charge in [0, 0.05) is 23.6 Å². The molecule has 4 rings (SSSR count). The first-order valence-electron chi connectivity index (χ1n) is 11.5. The summed E-state index contributed by atoms with van der Waals surface area (Å²) in [4.78, 5) is 12.8. The van der Waals surface area contributed by atoms with Crippen LogP contribution in [0.5, 0.6) is 5.75 Å². The predicted octanol–water partition coefficient (Wildman–Crippen LogP) is 5.40. The fraction of sp³-hybridized carbons (Fsp3) is 0.296. The second-order valence-electron chi connectivity index (χ2n) is 8.51. The zero-order valence-corrected chi connectivity index (χ0v) is 21.1. The van der Waals surface area contributed by atoms with Crippen molar-refractivity contribution in [1.29, 1.82) is 0 Å². The van der Waals surface area contributed by atoms with Gasteiger partial charge in [-0.1, -0.05) is 42.8 Å². The van der Waals surface area contributed by atoms with E-state index in [9.17, 15) is 13.2 Å². The Morgan fingerprint density at radius 2 is 1.60 bits per heavy atom. The number of ether oxygens (including phenoxy) is 2. The molecule has 0 spiro atoms. The molecule has 1 heterocycles. The van der Waals surface area contributed by atoms with E-state index in [2.05, 4.69) is 5.32 Å².